The molecule has 0 saturated heterocycles. The number of thiazole rings is 1. The van der Waals surface area contributed by atoms with E-state index in [1.165, 1.54) is 6.08 Å². The number of hydrogen-bond donors (Lipinski definition) is 1. The first-order valence-electron chi connectivity index (χ1n) is 7.63. The Labute approximate surface area is 150 Å². The van der Waals surface area contributed by atoms with Gasteiger partial charge in [0, 0.05) is 28.9 Å². The number of rotatable bonds is 3. The van der Waals surface area contributed by atoms with Crippen molar-refractivity contribution in [2.24, 2.45) is 0 Å². The van der Waals surface area contributed by atoms with Crippen molar-refractivity contribution in [3.8, 4) is 11.8 Å². The number of nitrogens with one attached hydrogen (secondary N) is 1. The molecule has 0 fully saturated rings. The van der Waals surface area contributed by atoms with E-state index in [0.29, 0.717) is 11.4 Å². The van der Waals surface area contributed by atoms with Gasteiger partial charge in [-0.05, 0) is 49.3 Å². The summed E-state index contributed by atoms with van der Waals surface area (Å²) in [6, 6.07) is 13.0. The Morgan fingerprint density at radius 1 is 1.20 bits per heavy atom. The molecule has 0 radical (unpaired) electrons. The van der Waals surface area contributed by atoms with Gasteiger partial charge in [0.05, 0.1) is 10.7 Å². The molecule has 0 aliphatic heterocycles. The number of aromatic nitrogens is 2. The lowest BCUT2D eigenvalue weighted by Gasteiger charge is -2.02. The third-order valence-corrected chi connectivity index (χ3v) is 3.96. The number of carbonyl (C=O) groups excluding carboxylic acids is 1. The predicted molar refractivity (Wildman–Crippen MR) is 101 cm³/mol. The van der Waals surface area contributed by atoms with Crippen LogP contribution in [0.25, 0.3) is 6.08 Å². The second-order valence-corrected chi connectivity index (χ2v) is 6.22. The van der Waals surface area contributed by atoms with Gasteiger partial charge in [-0.1, -0.05) is 18.1 Å². The Hall–Kier alpha value is -3.23. The fourth-order valence-corrected chi connectivity index (χ4v) is 2.63. The number of pyridine rings is 1. The summed E-state index contributed by atoms with van der Waals surface area (Å²) in [4.78, 5) is 20.5. The van der Waals surface area contributed by atoms with Crippen LogP contribution >= 0.6 is 11.3 Å². The van der Waals surface area contributed by atoms with Crippen LogP contribution in [0.2, 0.25) is 0 Å². The molecule has 0 aliphatic rings. The second kappa shape index (κ2) is 8.04. The van der Waals surface area contributed by atoms with Crippen LogP contribution in [-0.4, -0.2) is 15.9 Å². The van der Waals surface area contributed by atoms with E-state index in [-0.39, 0.29) is 5.91 Å². The van der Waals surface area contributed by atoms with Crippen molar-refractivity contribution < 1.29 is 4.79 Å². The molecule has 0 atom stereocenters. The summed E-state index contributed by atoms with van der Waals surface area (Å²) in [6.45, 7) is 1.93. The normalized spacial score (nSPS) is 10.3. The Bertz CT molecular complexity index is 965. The standard InChI is InChI=1S/C20H15N3OS/c1-15-22-19(14-25-15)10-11-20(24)23-18-7-4-5-16(13-18)8-9-17-6-2-3-12-21-17/h2-7,10-14H,1H3,(H,23,24)/b11-10+. The van der Waals surface area contributed by atoms with E-state index in [0.717, 1.165) is 16.3 Å². The molecule has 0 saturated carbocycles. The van der Waals surface area contributed by atoms with E-state index in [9.17, 15) is 4.79 Å². The zero-order valence-corrected chi connectivity index (χ0v) is 14.4. The van der Waals surface area contributed by atoms with Gasteiger partial charge in [0.2, 0.25) is 5.91 Å². The molecule has 0 unspecified atom stereocenters. The molecule has 0 bridgehead atoms. The molecule has 1 amide bonds. The van der Waals surface area contributed by atoms with Crippen LogP contribution in [0, 0.1) is 18.8 Å². The van der Waals surface area contributed by atoms with Gasteiger partial charge in [0.25, 0.3) is 0 Å². The summed E-state index contributed by atoms with van der Waals surface area (Å²) in [5.41, 5.74) is 2.99. The SMILES string of the molecule is Cc1nc(/C=C/C(=O)Nc2cccc(C#Cc3ccccn3)c2)cs1. The monoisotopic (exact) mass is 345 g/mol. The lowest BCUT2D eigenvalue weighted by molar-refractivity contribution is -0.111. The van der Waals surface area contributed by atoms with Crippen LogP contribution in [-0.2, 0) is 4.79 Å². The Morgan fingerprint density at radius 2 is 2.12 bits per heavy atom. The van der Waals surface area contributed by atoms with Crippen LogP contribution in [0.15, 0.2) is 60.1 Å². The number of aryl methyl sites for hydroxylation is 1. The first-order valence-corrected chi connectivity index (χ1v) is 8.51. The number of nitrogens with zero attached hydrogens (tertiary/aromatic N) is 2. The molecule has 2 heterocycles. The first-order chi connectivity index (χ1) is 12.2. The predicted octanol–water partition coefficient (Wildman–Crippen LogP) is 3.90. The minimum atomic E-state index is -0.208. The number of carbonyl (C=O) groups is 1. The smallest absolute Gasteiger partial charge is 0.248 e. The van der Waals surface area contributed by atoms with Gasteiger partial charge in [-0.2, -0.15) is 0 Å². The molecule has 3 aromatic rings. The lowest BCUT2D eigenvalue weighted by Crippen LogP contribution is -2.07. The Kier molecular flexibility index (Phi) is 5.35. The lowest BCUT2D eigenvalue weighted by atomic mass is 10.2. The Balaban J connectivity index is 1.66. The van der Waals surface area contributed by atoms with Gasteiger partial charge >= 0.3 is 0 Å². The highest BCUT2D eigenvalue weighted by Crippen LogP contribution is 2.12. The van der Waals surface area contributed by atoms with Gasteiger partial charge < -0.3 is 5.32 Å². The highest BCUT2D eigenvalue weighted by molar-refractivity contribution is 7.09. The van der Waals surface area contributed by atoms with Crippen molar-refractivity contribution in [3.05, 3.63) is 82.1 Å². The van der Waals surface area contributed by atoms with Gasteiger partial charge in [-0.3, -0.25) is 4.79 Å². The largest absolute Gasteiger partial charge is 0.322 e. The highest BCUT2D eigenvalue weighted by Gasteiger charge is 2.00. The maximum absolute atomic E-state index is 12.0. The van der Waals surface area contributed by atoms with Gasteiger partial charge in [-0.15, -0.1) is 11.3 Å². The number of anilines is 1. The van der Waals surface area contributed by atoms with E-state index in [2.05, 4.69) is 27.1 Å². The maximum Gasteiger partial charge on any atom is 0.248 e. The van der Waals surface area contributed by atoms with Crippen LogP contribution in [0.3, 0.4) is 0 Å². The topological polar surface area (TPSA) is 54.9 Å². The number of benzene rings is 1. The average Bonchev–Trinajstić information content (AvgIpc) is 3.05. The van der Waals surface area contributed by atoms with Gasteiger partial charge in [-0.25, -0.2) is 9.97 Å². The van der Waals surface area contributed by atoms with Crippen molar-refractivity contribution in [1.82, 2.24) is 9.97 Å². The molecular formula is C20H15N3OS. The second-order valence-electron chi connectivity index (χ2n) is 5.16. The molecule has 122 valence electrons. The van der Waals surface area contributed by atoms with E-state index in [1.807, 2.05) is 54.8 Å². The third-order valence-electron chi connectivity index (χ3n) is 3.17. The molecule has 1 aromatic carbocycles. The number of hydrogen-bond acceptors (Lipinski definition) is 4. The molecule has 0 spiro atoms. The summed E-state index contributed by atoms with van der Waals surface area (Å²) in [5.74, 6) is 5.83. The molecule has 5 heteroatoms. The molecule has 0 aliphatic carbocycles. The van der Waals surface area contributed by atoms with Crippen molar-refractivity contribution in [1.29, 1.82) is 0 Å². The first kappa shape index (κ1) is 16.6. The minimum Gasteiger partial charge on any atom is -0.322 e. The summed E-state index contributed by atoms with van der Waals surface area (Å²) in [5, 5.41) is 5.71. The van der Waals surface area contributed by atoms with E-state index < -0.39 is 0 Å². The zero-order chi connectivity index (χ0) is 17.5. The molecule has 3 rings (SSSR count). The van der Waals surface area contributed by atoms with Crippen LogP contribution in [0.4, 0.5) is 5.69 Å². The van der Waals surface area contributed by atoms with E-state index in [1.54, 1.807) is 23.6 Å². The summed E-state index contributed by atoms with van der Waals surface area (Å²) in [7, 11) is 0. The van der Waals surface area contributed by atoms with Crippen LogP contribution < -0.4 is 5.32 Å². The maximum atomic E-state index is 12.0. The minimum absolute atomic E-state index is 0.208. The van der Waals surface area contributed by atoms with Crippen molar-refractivity contribution in [2.45, 2.75) is 6.92 Å². The quantitative estimate of drug-likeness (QED) is 0.579. The third kappa shape index (κ3) is 5.13. The van der Waals surface area contributed by atoms with Gasteiger partial charge in [0.15, 0.2) is 0 Å². The number of amides is 1. The summed E-state index contributed by atoms with van der Waals surface area (Å²) in [6.07, 6.45) is 4.88. The molecule has 2 aromatic heterocycles. The Morgan fingerprint density at radius 3 is 2.88 bits per heavy atom. The van der Waals surface area contributed by atoms with Crippen molar-refractivity contribution in [2.75, 3.05) is 5.32 Å². The highest BCUT2D eigenvalue weighted by atomic mass is 32.1. The molecule has 25 heavy (non-hydrogen) atoms. The van der Waals surface area contributed by atoms with Gasteiger partial charge in [0.1, 0.15) is 5.69 Å². The molecule has 1 N–H and O–H groups in total. The van der Waals surface area contributed by atoms with Crippen molar-refractivity contribution >= 4 is 29.0 Å². The zero-order valence-electron chi connectivity index (χ0n) is 13.6. The van der Waals surface area contributed by atoms with Crippen molar-refractivity contribution in [3.63, 3.8) is 0 Å². The van der Waals surface area contributed by atoms with E-state index in [4.69, 9.17) is 0 Å². The molecular weight excluding hydrogens is 330 g/mol. The molecule has 4 nitrogen and oxygen atoms in total. The van der Waals surface area contributed by atoms with E-state index >= 15 is 0 Å². The summed E-state index contributed by atoms with van der Waals surface area (Å²) >= 11 is 1.55. The van der Waals surface area contributed by atoms with Crippen LogP contribution in [0.5, 0.6) is 0 Å². The average molecular weight is 345 g/mol. The fourth-order valence-electron chi connectivity index (χ4n) is 2.05. The summed E-state index contributed by atoms with van der Waals surface area (Å²) < 4.78 is 0. The van der Waals surface area contributed by atoms with Crippen LogP contribution in [0.1, 0.15) is 22.0 Å². The fraction of sp³-hybridized carbons (Fsp3) is 0.0500.